The molecule has 1 aromatic carbocycles. The number of nitrogens with one attached hydrogen (secondary N) is 1. The predicted molar refractivity (Wildman–Crippen MR) is 122 cm³/mol. The van der Waals surface area contributed by atoms with Crippen LogP contribution in [0.1, 0.15) is 18.2 Å². The number of imidazole rings is 1. The van der Waals surface area contributed by atoms with Crippen molar-refractivity contribution in [2.45, 2.75) is 13.8 Å². The molecule has 0 saturated carbocycles. The number of aryl methyl sites for hydroxylation is 2. The minimum atomic E-state index is -0.163. The van der Waals surface area contributed by atoms with E-state index in [-0.39, 0.29) is 5.69 Å². The standard InChI is InChI=1S/C23H24N6O2/c1-7-8-15(13-27(3)4)16-9-17-18(10-21(16)31-6)24-11-20-22(17)29(23(30)28(20)5)19-12-25-26-14(19)2/h9-13H,1-6H3,(H,25,26)/b15-13+. The SMILES string of the molecule is CC#C/C(=C\N(C)C)c1cc2c(cc1OC)ncc1c2n(-c2cn[nH]c2C)c(=O)n1C. The number of fused-ring (bicyclic) bond motifs is 3. The van der Waals surface area contributed by atoms with Crippen molar-refractivity contribution in [3.05, 3.63) is 52.5 Å². The van der Waals surface area contributed by atoms with Gasteiger partial charge in [0, 0.05) is 44.4 Å². The molecule has 0 fully saturated rings. The maximum absolute atomic E-state index is 13.2. The van der Waals surface area contributed by atoms with Crippen molar-refractivity contribution in [2.75, 3.05) is 21.2 Å². The summed E-state index contributed by atoms with van der Waals surface area (Å²) >= 11 is 0. The lowest BCUT2D eigenvalue weighted by Gasteiger charge is -2.13. The average molecular weight is 416 g/mol. The van der Waals surface area contributed by atoms with E-state index in [1.54, 1.807) is 42.6 Å². The van der Waals surface area contributed by atoms with Crippen LogP contribution in [0.5, 0.6) is 5.75 Å². The van der Waals surface area contributed by atoms with E-state index in [4.69, 9.17) is 4.74 Å². The molecule has 31 heavy (non-hydrogen) atoms. The number of nitrogens with zero attached hydrogens (tertiary/aromatic N) is 5. The van der Waals surface area contributed by atoms with E-state index < -0.39 is 0 Å². The summed E-state index contributed by atoms with van der Waals surface area (Å²) in [6.45, 7) is 3.69. The average Bonchev–Trinajstić information content (AvgIpc) is 3.27. The summed E-state index contributed by atoms with van der Waals surface area (Å²) in [4.78, 5) is 19.7. The van der Waals surface area contributed by atoms with Gasteiger partial charge in [0.05, 0.1) is 53.0 Å². The summed E-state index contributed by atoms with van der Waals surface area (Å²) in [5.41, 5.74) is 5.21. The summed E-state index contributed by atoms with van der Waals surface area (Å²) in [5.74, 6) is 6.81. The van der Waals surface area contributed by atoms with E-state index in [9.17, 15) is 4.79 Å². The van der Waals surface area contributed by atoms with Crippen LogP contribution in [0.4, 0.5) is 0 Å². The number of aromatic amines is 1. The molecule has 158 valence electrons. The van der Waals surface area contributed by atoms with Gasteiger partial charge in [0.1, 0.15) is 5.75 Å². The predicted octanol–water partition coefficient (Wildman–Crippen LogP) is 2.84. The molecule has 0 aliphatic heterocycles. The summed E-state index contributed by atoms with van der Waals surface area (Å²) in [7, 11) is 7.26. The van der Waals surface area contributed by atoms with Gasteiger partial charge in [-0.3, -0.25) is 19.2 Å². The molecular weight excluding hydrogens is 392 g/mol. The molecule has 4 rings (SSSR count). The van der Waals surface area contributed by atoms with Crippen LogP contribution in [0.15, 0.2) is 35.5 Å². The molecule has 1 N–H and O–H groups in total. The number of pyridine rings is 1. The van der Waals surface area contributed by atoms with E-state index in [1.165, 1.54) is 0 Å². The molecule has 0 atom stereocenters. The van der Waals surface area contributed by atoms with Gasteiger partial charge in [-0.15, -0.1) is 5.92 Å². The van der Waals surface area contributed by atoms with E-state index in [1.807, 2.05) is 44.3 Å². The van der Waals surface area contributed by atoms with Gasteiger partial charge in [0.25, 0.3) is 0 Å². The zero-order valence-electron chi connectivity index (χ0n) is 18.4. The number of hydrogen-bond donors (Lipinski definition) is 1. The number of methoxy groups -OCH3 is 1. The second-order valence-electron chi connectivity index (χ2n) is 7.50. The zero-order valence-corrected chi connectivity index (χ0v) is 18.4. The topological polar surface area (TPSA) is 81.0 Å². The fraction of sp³-hybridized carbons (Fsp3) is 0.261. The number of hydrogen-bond acceptors (Lipinski definition) is 5. The Kier molecular flexibility index (Phi) is 5.03. The molecule has 8 nitrogen and oxygen atoms in total. The Morgan fingerprint density at radius 1 is 1.29 bits per heavy atom. The quantitative estimate of drug-likeness (QED) is 0.518. The van der Waals surface area contributed by atoms with E-state index in [0.29, 0.717) is 11.4 Å². The largest absolute Gasteiger partial charge is 0.496 e. The maximum Gasteiger partial charge on any atom is 0.333 e. The molecule has 3 aromatic heterocycles. The number of aromatic nitrogens is 5. The van der Waals surface area contributed by atoms with Crippen molar-refractivity contribution in [3.8, 4) is 23.3 Å². The second-order valence-corrected chi connectivity index (χ2v) is 7.50. The Morgan fingerprint density at radius 2 is 2.06 bits per heavy atom. The van der Waals surface area contributed by atoms with Gasteiger partial charge in [-0.2, -0.15) is 5.10 Å². The molecule has 0 spiro atoms. The number of allylic oxidation sites excluding steroid dienone is 1. The lowest BCUT2D eigenvalue weighted by molar-refractivity contribution is 0.414. The van der Waals surface area contributed by atoms with E-state index in [2.05, 4.69) is 27.0 Å². The Morgan fingerprint density at radius 3 is 2.68 bits per heavy atom. The third-order valence-electron chi connectivity index (χ3n) is 5.19. The van der Waals surface area contributed by atoms with E-state index in [0.717, 1.165) is 38.8 Å². The van der Waals surface area contributed by atoms with Crippen molar-refractivity contribution in [2.24, 2.45) is 7.05 Å². The van der Waals surface area contributed by atoms with Gasteiger partial charge >= 0.3 is 5.69 Å². The number of benzene rings is 1. The number of ether oxygens (including phenoxy) is 1. The van der Waals surface area contributed by atoms with Crippen LogP contribution in [0.25, 0.3) is 33.2 Å². The van der Waals surface area contributed by atoms with Gasteiger partial charge in [0.15, 0.2) is 0 Å². The third-order valence-corrected chi connectivity index (χ3v) is 5.19. The fourth-order valence-electron chi connectivity index (χ4n) is 3.76. The summed E-state index contributed by atoms with van der Waals surface area (Å²) in [6, 6.07) is 3.88. The molecule has 0 bridgehead atoms. The van der Waals surface area contributed by atoms with Crippen molar-refractivity contribution in [3.63, 3.8) is 0 Å². The van der Waals surface area contributed by atoms with E-state index >= 15 is 0 Å². The van der Waals surface area contributed by atoms with Crippen LogP contribution < -0.4 is 10.4 Å². The van der Waals surface area contributed by atoms with Gasteiger partial charge in [-0.05, 0) is 19.9 Å². The van der Waals surface area contributed by atoms with Crippen molar-refractivity contribution < 1.29 is 4.74 Å². The highest BCUT2D eigenvalue weighted by atomic mass is 16.5. The summed E-state index contributed by atoms with van der Waals surface area (Å²) in [5, 5.41) is 7.85. The molecule has 0 aliphatic rings. The molecule has 8 heteroatoms. The second kappa shape index (κ2) is 7.69. The molecule has 0 saturated heterocycles. The van der Waals surface area contributed by atoms with Crippen LogP contribution >= 0.6 is 0 Å². The first kappa shape index (κ1) is 20.3. The highest BCUT2D eigenvalue weighted by Crippen LogP contribution is 2.34. The first-order valence-corrected chi connectivity index (χ1v) is 9.77. The molecule has 3 heterocycles. The lowest BCUT2D eigenvalue weighted by Crippen LogP contribution is -2.21. The van der Waals surface area contributed by atoms with Crippen molar-refractivity contribution in [1.29, 1.82) is 0 Å². The van der Waals surface area contributed by atoms with Crippen LogP contribution in [0.2, 0.25) is 0 Å². The number of rotatable bonds is 4. The van der Waals surface area contributed by atoms with Crippen LogP contribution in [-0.4, -0.2) is 50.4 Å². The third kappa shape index (κ3) is 3.24. The van der Waals surface area contributed by atoms with Gasteiger partial charge in [-0.1, -0.05) is 5.92 Å². The lowest BCUT2D eigenvalue weighted by atomic mass is 10.0. The molecular formula is C23H24N6O2. The van der Waals surface area contributed by atoms with Crippen molar-refractivity contribution >= 4 is 27.5 Å². The minimum absolute atomic E-state index is 0.163. The van der Waals surface area contributed by atoms with Crippen molar-refractivity contribution in [1.82, 2.24) is 29.2 Å². The molecule has 0 radical (unpaired) electrons. The summed E-state index contributed by atoms with van der Waals surface area (Å²) < 4.78 is 8.94. The zero-order chi connectivity index (χ0) is 22.3. The molecule has 0 unspecified atom stereocenters. The smallest absolute Gasteiger partial charge is 0.333 e. The Hall–Kier alpha value is -3.99. The van der Waals surface area contributed by atoms with Gasteiger partial charge in [-0.25, -0.2) is 4.79 Å². The first-order valence-electron chi connectivity index (χ1n) is 9.77. The van der Waals surface area contributed by atoms with Crippen LogP contribution in [0.3, 0.4) is 0 Å². The monoisotopic (exact) mass is 416 g/mol. The Labute approximate surface area is 179 Å². The molecule has 4 aromatic rings. The molecule has 0 aliphatic carbocycles. The normalized spacial score (nSPS) is 11.6. The van der Waals surface area contributed by atoms with Gasteiger partial charge < -0.3 is 9.64 Å². The van der Waals surface area contributed by atoms with Crippen LogP contribution in [0, 0.1) is 18.8 Å². The summed E-state index contributed by atoms with van der Waals surface area (Å²) in [6.07, 6.45) is 5.32. The first-order chi connectivity index (χ1) is 14.9. The Bertz CT molecular complexity index is 1460. The Balaban J connectivity index is 2.18. The fourth-order valence-corrected chi connectivity index (χ4v) is 3.76. The maximum atomic E-state index is 13.2. The minimum Gasteiger partial charge on any atom is -0.496 e. The van der Waals surface area contributed by atoms with Crippen LogP contribution in [-0.2, 0) is 7.05 Å². The number of H-pyrrole nitrogens is 1. The van der Waals surface area contributed by atoms with Gasteiger partial charge in [0.2, 0.25) is 0 Å². The molecule has 0 amide bonds. The highest BCUT2D eigenvalue weighted by molar-refractivity contribution is 6.05. The highest BCUT2D eigenvalue weighted by Gasteiger charge is 2.20.